The van der Waals surface area contributed by atoms with Gasteiger partial charge in [0.25, 0.3) is 0 Å². The standard InChI is InChI=1S/C16H27BO4/c1-11(18)8-9-13-12(14(19)10-15(13)20)6-4-2-3-5-7-16(17)21/h2,4,11-15,18-20H,3,5-10H2,1H3/b4-2-/t11-,12+,13+,14-,15+/m0/s1. The van der Waals surface area contributed by atoms with Gasteiger partial charge in [0.05, 0.1) is 24.0 Å². The summed E-state index contributed by atoms with van der Waals surface area (Å²) in [5, 5.41) is 29.5. The van der Waals surface area contributed by atoms with Gasteiger partial charge in [-0.1, -0.05) is 12.2 Å². The Kier molecular flexibility index (Phi) is 8.23. The lowest BCUT2D eigenvalue weighted by atomic mass is 9.86. The van der Waals surface area contributed by atoms with Crippen LogP contribution < -0.4 is 0 Å². The van der Waals surface area contributed by atoms with E-state index in [1.54, 1.807) is 6.92 Å². The van der Waals surface area contributed by atoms with Crippen LogP contribution in [0, 0.1) is 11.8 Å². The fourth-order valence-electron chi connectivity index (χ4n) is 3.11. The zero-order valence-electron chi connectivity index (χ0n) is 12.8. The third kappa shape index (κ3) is 6.77. The van der Waals surface area contributed by atoms with Crippen molar-refractivity contribution < 1.29 is 20.1 Å². The van der Waals surface area contributed by atoms with Gasteiger partial charge in [-0.05, 0) is 63.7 Å². The zero-order valence-corrected chi connectivity index (χ0v) is 12.8. The van der Waals surface area contributed by atoms with E-state index in [9.17, 15) is 20.1 Å². The zero-order chi connectivity index (χ0) is 15.8. The molecule has 0 aromatic heterocycles. The van der Waals surface area contributed by atoms with Crippen molar-refractivity contribution in [1.29, 1.82) is 0 Å². The predicted octanol–water partition coefficient (Wildman–Crippen LogP) is 1.32. The quantitative estimate of drug-likeness (QED) is 0.340. The van der Waals surface area contributed by atoms with E-state index in [1.165, 1.54) is 0 Å². The van der Waals surface area contributed by atoms with Gasteiger partial charge in [-0.25, -0.2) is 0 Å². The molecule has 1 saturated carbocycles. The molecule has 21 heavy (non-hydrogen) atoms. The highest BCUT2D eigenvalue weighted by molar-refractivity contribution is 6.57. The Balaban J connectivity index is 2.38. The molecule has 1 fully saturated rings. The van der Waals surface area contributed by atoms with Crippen molar-refractivity contribution in [2.24, 2.45) is 11.8 Å². The molecule has 0 unspecified atom stereocenters. The van der Waals surface area contributed by atoms with E-state index in [2.05, 4.69) is 0 Å². The van der Waals surface area contributed by atoms with Crippen LogP contribution >= 0.6 is 0 Å². The number of carbonyl (C=O) groups excluding carboxylic acids is 1. The molecule has 5 heteroatoms. The number of hydrogen-bond acceptors (Lipinski definition) is 4. The molecule has 0 aromatic carbocycles. The Hall–Kier alpha value is -0.645. The monoisotopic (exact) mass is 294 g/mol. The second kappa shape index (κ2) is 9.39. The van der Waals surface area contributed by atoms with Crippen molar-refractivity contribution in [2.45, 2.75) is 70.2 Å². The first-order valence-electron chi connectivity index (χ1n) is 7.89. The van der Waals surface area contributed by atoms with E-state index in [-0.39, 0.29) is 23.6 Å². The summed E-state index contributed by atoms with van der Waals surface area (Å²) in [5.74, 6) is 0.0935. The third-order valence-corrected chi connectivity index (χ3v) is 4.31. The summed E-state index contributed by atoms with van der Waals surface area (Å²) in [7, 11) is 5.07. The number of hydrogen-bond donors (Lipinski definition) is 3. The van der Waals surface area contributed by atoms with Gasteiger partial charge >= 0.3 is 0 Å². The van der Waals surface area contributed by atoms with Crippen LogP contribution in [-0.2, 0) is 4.79 Å². The van der Waals surface area contributed by atoms with Gasteiger partial charge in [0.2, 0.25) is 0 Å². The van der Waals surface area contributed by atoms with E-state index in [4.69, 9.17) is 7.85 Å². The van der Waals surface area contributed by atoms with Crippen LogP contribution in [0.25, 0.3) is 0 Å². The molecule has 0 aliphatic heterocycles. The Bertz CT molecular complexity index is 343. The molecule has 1 aliphatic carbocycles. The van der Waals surface area contributed by atoms with Crippen molar-refractivity contribution in [3.8, 4) is 0 Å². The fourth-order valence-corrected chi connectivity index (χ4v) is 3.11. The molecule has 0 aromatic rings. The summed E-state index contributed by atoms with van der Waals surface area (Å²) in [5.41, 5.74) is -0.282. The number of rotatable bonds is 9. The Morgan fingerprint density at radius 3 is 2.57 bits per heavy atom. The SMILES string of the molecule is [B]C(=O)CCC/C=C\C[C@@H]1[C@@H](CC[C@H](C)O)[C@H](O)C[C@@H]1O. The maximum Gasteiger partial charge on any atom is 0.167 e. The molecule has 2 radical (unpaired) electrons. The topological polar surface area (TPSA) is 77.8 Å². The molecule has 0 amide bonds. The molecule has 4 nitrogen and oxygen atoms in total. The van der Waals surface area contributed by atoms with E-state index in [1.807, 2.05) is 12.2 Å². The van der Waals surface area contributed by atoms with Gasteiger partial charge in [-0.3, -0.25) is 0 Å². The van der Waals surface area contributed by atoms with E-state index < -0.39 is 12.2 Å². The van der Waals surface area contributed by atoms with Gasteiger partial charge in [0.1, 0.15) is 0 Å². The van der Waals surface area contributed by atoms with Crippen LogP contribution in [0.1, 0.15) is 51.9 Å². The predicted molar refractivity (Wildman–Crippen MR) is 82.9 cm³/mol. The third-order valence-electron chi connectivity index (χ3n) is 4.31. The van der Waals surface area contributed by atoms with Crippen molar-refractivity contribution in [3.63, 3.8) is 0 Å². The van der Waals surface area contributed by atoms with Crippen LogP contribution in [0.2, 0.25) is 0 Å². The van der Waals surface area contributed by atoms with Crippen molar-refractivity contribution in [1.82, 2.24) is 0 Å². The largest absolute Gasteiger partial charge is 0.393 e. The lowest BCUT2D eigenvalue weighted by molar-refractivity contribution is -0.111. The summed E-state index contributed by atoms with van der Waals surface area (Å²) in [6, 6.07) is 0. The molecule has 1 aliphatic rings. The minimum Gasteiger partial charge on any atom is -0.393 e. The Labute approximate surface area is 128 Å². The number of aliphatic hydroxyl groups is 3. The average molecular weight is 294 g/mol. The first-order chi connectivity index (χ1) is 9.91. The van der Waals surface area contributed by atoms with Crippen LogP contribution in [0.15, 0.2) is 12.2 Å². The van der Waals surface area contributed by atoms with Gasteiger partial charge in [0.15, 0.2) is 7.85 Å². The highest BCUT2D eigenvalue weighted by Crippen LogP contribution is 2.38. The number of allylic oxidation sites excluding steroid dienone is 2. The van der Waals surface area contributed by atoms with Crippen molar-refractivity contribution in [2.75, 3.05) is 0 Å². The van der Waals surface area contributed by atoms with E-state index >= 15 is 0 Å². The molecule has 0 heterocycles. The smallest absolute Gasteiger partial charge is 0.167 e. The summed E-state index contributed by atoms with van der Waals surface area (Å²) in [6.07, 6.45) is 7.15. The number of unbranched alkanes of at least 4 members (excludes halogenated alkanes) is 1. The van der Waals surface area contributed by atoms with Gasteiger partial charge in [-0.15, -0.1) is 0 Å². The highest BCUT2D eigenvalue weighted by Gasteiger charge is 2.40. The first-order valence-corrected chi connectivity index (χ1v) is 7.89. The average Bonchev–Trinajstić information content (AvgIpc) is 2.65. The fraction of sp³-hybridized carbons (Fsp3) is 0.812. The molecule has 0 bridgehead atoms. The molecule has 0 spiro atoms. The lowest BCUT2D eigenvalue weighted by Crippen LogP contribution is -2.23. The number of carbonyl (C=O) groups is 1. The minimum absolute atomic E-state index is 0.0462. The Morgan fingerprint density at radius 2 is 1.95 bits per heavy atom. The number of aliphatic hydroxyl groups excluding tert-OH is 3. The van der Waals surface area contributed by atoms with E-state index in [0.29, 0.717) is 19.3 Å². The highest BCUT2D eigenvalue weighted by atomic mass is 16.3. The van der Waals surface area contributed by atoms with Crippen LogP contribution in [0.3, 0.4) is 0 Å². The molecule has 0 saturated heterocycles. The van der Waals surface area contributed by atoms with Gasteiger partial charge in [0, 0.05) is 0 Å². The van der Waals surface area contributed by atoms with Crippen LogP contribution in [-0.4, -0.2) is 47.2 Å². The van der Waals surface area contributed by atoms with Gasteiger partial charge < -0.3 is 20.1 Å². The maximum atomic E-state index is 10.6. The summed E-state index contributed by atoms with van der Waals surface area (Å²) in [6.45, 7) is 1.74. The molecule has 5 atom stereocenters. The molecular formula is C16H27BO4. The van der Waals surface area contributed by atoms with Gasteiger partial charge in [-0.2, -0.15) is 0 Å². The Morgan fingerprint density at radius 1 is 1.29 bits per heavy atom. The maximum absolute atomic E-state index is 10.6. The second-order valence-electron chi connectivity index (χ2n) is 6.19. The molecule has 3 N–H and O–H groups in total. The lowest BCUT2D eigenvalue weighted by Gasteiger charge is -2.23. The summed E-state index contributed by atoms with van der Waals surface area (Å²) >= 11 is 0. The van der Waals surface area contributed by atoms with Crippen molar-refractivity contribution in [3.05, 3.63) is 12.2 Å². The summed E-state index contributed by atoms with van der Waals surface area (Å²) < 4.78 is 0. The second-order valence-corrected chi connectivity index (χ2v) is 6.19. The van der Waals surface area contributed by atoms with Crippen molar-refractivity contribution >= 4 is 13.5 Å². The summed E-state index contributed by atoms with van der Waals surface area (Å²) in [4.78, 5) is 10.6. The van der Waals surface area contributed by atoms with Crippen LogP contribution in [0.5, 0.6) is 0 Å². The van der Waals surface area contributed by atoms with Crippen LogP contribution in [0.4, 0.5) is 0 Å². The molecule has 118 valence electrons. The molecular weight excluding hydrogens is 267 g/mol. The normalized spacial score (nSPS) is 30.9. The minimum atomic E-state index is -0.480. The van der Waals surface area contributed by atoms with E-state index in [0.717, 1.165) is 25.7 Å². The molecule has 1 rings (SSSR count). The first kappa shape index (κ1) is 18.4.